The van der Waals surface area contributed by atoms with Gasteiger partial charge in [0.05, 0.1) is 0 Å². The van der Waals surface area contributed by atoms with Crippen molar-refractivity contribution in [3.8, 4) is 0 Å². The first kappa shape index (κ1) is 7.18. The number of halogens is 3. The molecule has 1 nitrogen and oxygen atoms in total. The van der Waals surface area contributed by atoms with Crippen LogP contribution in [0.2, 0.25) is 0 Å². The smallest absolute Gasteiger partial charge is 0.355 e. The summed E-state index contributed by atoms with van der Waals surface area (Å²) in [6, 6.07) is 0. The summed E-state index contributed by atoms with van der Waals surface area (Å²) in [6.45, 7) is 3.35. The Labute approximate surface area is 56.2 Å². The summed E-state index contributed by atoms with van der Waals surface area (Å²) in [5.41, 5.74) is -0.301. The van der Waals surface area contributed by atoms with E-state index in [0.717, 1.165) is 6.08 Å². The van der Waals surface area contributed by atoms with Gasteiger partial charge in [-0.25, -0.2) is 0 Å². The first-order valence-electron chi connectivity index (χ1n) is 2.72. The van der Waals surface area contributed by atoms with E-state index in [4.69, 9.17) is 0 Å². The molecule has 0 unspecified atom stereocenters. The molecule has 1 rings (SSSR count). The molecule has 0 amide bonds. The molecule has 0 spiro atoms. The number of nitrogens with one attached hydrogen (secondary N) is 1. The molecule has 56 valence electrons. The molecule has 4 heteroatoms. The van der Waals surface area contributed by atoms with Crippen LogP contribution in [0.25, 0.3) is 0 Å². The van der Waals surface area contributed by atoms with E-state index in [2.05, 4.69) is 11.9 Å². The summed E-state index contributed by atoms with van der Waals surface area (Å²) in [6.07, 6.45) is -2.89. The van der Waals surface area contributed by atoms with Crippen LogP contribution < -0.4 is 5.32 Å². The minimum absolute atomic E-state index is 0.273. The van der Waals surface area contributed by atoms with E-state index < -0.39 is 11.9 Å². The van der Waals surface area contributed by atoms with Crippen LogP contribution in [0.3, 0.4) is 0 Å². The largest absolute Gasteiger partial charge is 0.430 e. The SMILES string of the molecule is C=C1CC=C(C(F)(F)F)N1. The van der Waals surface area contributed by atoms with E-state index in [1.54, 1.807) is 0 Å². The summed E-state index contributed by atoms with van der Waals surface area (Å²) in [5.74, 6) is 0. The van der Waals surface area contributed by atoms with Crippen LogP contribution in [0, 0.1) is 0 Å². The fraction of sp³-hybridized carbons (Fsp3) is 0.333. The van der Waals surface area contributed by atoms with Gasteiger partial charge in [-0.05, 0) is 6.08 Å². The van der Waals surface area contributed by atoms with Crippen LogP contribution in [-0.2, 0) is 0 Å². The first-order valence-corrected chi connectivity index (χ1v) is 2.72. The number of rotatable bonds is 0. The number of alkyl halides is 3. The van der Waals surface area contributed by atoms with E-state index in [0.29, 0.717) is 5.70 Å². The van der Waals surface area contributed by atoms with Crippen LogP contribution >= 0.6 is 0 Å². The lowest BCUT2D eigenvalue weighted by Crippen LogP contribution is -2.21. The zero-order chi connectivity index (χ0) is 7.78. The summed E-state index contributed by atoms with van der Waals surface area (Å²) in [5, 5.41) is 2.14. The van der Waals surface area contributed by atoms with Crippen LogP contribution in [0.1, 0.15) is 6.42 Å². The molecule has 0 fully saturated rings. The van der Waals surface area contributed by atoms with Gasteiger partial charge in [-0.2, -0.15) is 13.2 Å². The number of hydrogen-bond acceptors (Lipinski definition) is 1. The molecule has 10 heavy (non-hydrogen) atoms. The predicted octanol–water partition coefficient (Wildman–Crippen LogP) is 1.94. The average molecular weight is 149 g/mol. The molecule has 0 radical (unpaired) electrons. The van der Waals surface area contributed by atoms with Gasteiger partial charge >= 0.3 is 6.18 Å². The first-order chi connectivity index (χ1) is 4.50. The second kappa shape index (κ2) is 2.04. The van der Waals surface area contributed by atoms with Gasteiger partial charge in [0.15, 0.2) is 0 Å². The van der Waals surface area contributed by atoms with Crippen LogP contribution in [0.5, 0.6) is 0 Å². The van der Waals surface area contributed by atoms with Gasteiger partial charge in [-0.15, -0.1) is 0 Å². The average Bonchev–Trinajstić information content (AvgIpc) is 2.11. The van der Waals surface area contributed by atoms with E-state index >= 15 is 0 Å². The fourth-order valence-electron chi connectivity index (χ4n) is 0.704. The summed E-state index contributed by atoms with van der Waals surface area (Å²) in [4.78, 5) is 0. The van der Waals surface area contributed by atoms with Gasteiger partial charge < -0.3 is 5.32 Å². The highest BCUT2D eigenvalue weighted by Crippen LogP contribution is 2.28. The maximum absolute atomic E-state index is 11.8. The fourth-order valence-corrected chi connectivity index (χ4v) is 0.704. The van der Waals surface area contributed by atoms with Gasteiger partial charge in [0.25, 0.3) is 0 Å². The highest BCUT2D eigenvalue weighted by Gasteiger charge is 2.35. The van der Waals surface area contributed by atoms with Crippen LogP contribution in [0.15, 0.2) is 24.0 Å². The minimum atomic E-state index is -4.25. The van der Waals surface area contributed by atoms with Gasteiger partial charge in [0.1, 0.15) is 5.70 Å². The Balaban J connectivity index is 2.69. The van der Waals surface area contributed by atoms with Crippen molar-refractivity contribution in [1.82, 2.24) is 5.32 Å². The zero-order valence-corrected chi connectivity index (χ0v) is 5.13. The standard InChI is InChI=1S/C6H6F3N/c1-4-2-3-5(10-4)6(7,8)9/h3,10H,1-2H2. The molecule has 0 aromatic heterocycles. The Hall–Kier alpha value is -0.930. The van der Waals surface area contributed by atoms with Crippen molar-refractivity contribution in [2.24, 2.45) is 0 Å². The summed E-state index contributed by atoms with van der Waals surface area (Å²) in [7, 11) is 0. The topological polar surface area (TPSA) is 12.0 Å². The van der Waals surface area contributed by atoms with E-state index in [1.165, 1.54) is 0 Å². The lowest BCUT2D eigenvalue weighted by molar-refractivity contribution is -0.0950. The van der Waals surface area contributed by atoms with Crippen molar-refractivity contribution < 1.29 is 13.2 Å². The molecular weight excluding hydrogens is 143 g/mol. The molecule has 1 N–H and O–H groups in total. The summed E-state index contributed by atoms with van der Waals surface area (Å²) >= 11 is 0. The van der Waals surface area contributed by atoms with Crippen LogP contribution in [-0.4, -0.2) is 6.18 Å². The molecule has 0 saturated carbocycles. The molecule has 1 heterocycles. The molecular formula is C6H6F3N. The van der Waals surface area contributed by atoms with Crippen molar-refractivity contribution in [3.05, 3.63) is 24.0 Å². The highest BCUT2D eigenvalue weighted by atomic mass is 19.4. The summed E-state index contributed by atoms with van der Waals surface area (Å²) < 4.78 is 35.3. The van der Waals surface area contributed by atoms with Gasteiger partial charge in [0, 0.05) is 12.1 Å². The van der Waals surface area contributed by atoms with E-state index in [9.17, 15) is 13.2 Å². The Kier molecular flexibility index (Phi) is 1.46. The second-order valence-corrected chi connectivity index (χ2v) is 2.05. The zero-order valence-electron chi connectivity index (χ0n) is 5.13. The Bertz CT molecular complexity index is 190. The van der Waals surface area contributed by atoms with E-state index in [-0.39, 0.29) is 6.42 Å². The quantitative estimate of drug-likeness (QED) is 0.555. The van der Waals surface area contributed by atoms with Crippen molar-refractivity contribution in [3.63, 3.8) is 0 Å². The highest BCUT2D eigenvalue weighted by molar-refractivity contribution is 5.23. The lowest BCUT2D eigenvalue weighted by Gasteiger charge is -2.07. The molecule has 0 aromatic rings. The monoisotopic (exact) mass is 149 g/mol. The van der Waals surface area contributed by atoms with Crippen molar-refractivity contribution in [1.29, 1.82) is 0 Å². The molecule has 0 saturated heterocycles. The maximum atomic E-state index is 11.8. The van der Waals surface area contributed by atoms with Gasteiger partial charge in [-0.1, -0.05) is 6.58 Å². The molecule has 1 aliphatic rings. The number of allylic oxidation sites excluding steroid dienone is 2. The van der Waals surface area contributed by atoms with Crippen LogP contribution in [0.4, 0.5) is 13.2 Å². The third kappa shape index (κ3) is 1.32. The maximum Gasteiger partial charge on any atom is 0.430 e. The Morgan fingerprint density at radius 2 is 2.10 bits per heavy atom. The Morgan fingerprint density at radius 1 is 1.50 bits per heavy atom. The Morgan fingerprint density at radius 3 is 2.30 bits per heavy atom. The minimum Gasteiger partial charge on any atom is -0.355 e. The third-order valence-electron chi connectivity index (χ3n) is 1.17. The molecule has 0 bridgehead atoms. The van der Waals surface area contributed by atoms with Crippen molar-refractivity contribution in [2.75, 3.05) is 0 Å². The predicted molar refractivity (Wildman–Crippen MR) is 31.0 cm³/mol. The van der Waals surface area contributed by atoms with Crippen molar-refractivity contribution >= 4 is 0 Å². The number of hydrogen-bond donors (Lipinski definition) is 1. The third-order valence-corrected chi connectivity index (χ3v) is 1.17. The van der Waals surface area contributed by atoms with Gasteiger partial charge in [0.2, 0.25) is 0 Å². The lowest BCUT2D eigenvalue weighted by atomic mass is 10.4. The molecule has 0 atom stereocenters. The molecule has 1 aliphatic heterocycles. The van der Waals surface area contributed by atoms with E-state index in [1.807, 2.05) is 0 Å². The molecule has 0 aliphatic carbocycles. The second-order valence-electron chi connectivity index (χ2n) is 2.05. The molecule has 0 aromatic carbocycles. The van der Waals surface area contributed by atoms with Gasteiger partial charge in [-0.3, -0.25) is 0 Å². The van der Waals surface area contributed by atoms with Crippen molar-refractivity contribution in [2.45, 2.75) is 12.6 Å². The normalized spacial score (nSPS) is 18.7.